The largest absolute Gasteiger partial charge is 0.456 e. The molecule has 2 heterocycles. The number of benzene rings is 7. The molecule has 0 radical (unpaired) electrons. The van der Waals surface area contributed by atoms with E-state index in [9.17, 15) is 0 Å². The lowest BCUT2D eigenvalue weighted by molar-refractivity contribution is 0.669. The Morgan fingerprint density at radius 1 is 0.340 bits per heavy atom. The van der Waals surface area contributed by atoms with Gasteiger partial charge in [0.2, 0.25) is 0 Å². The third-order valence-electron chi connectivity index (χ3n) is 8.74. The molecule has 2 aromatic heterocycles. The van der Waals surface area contributed by atoms with Crippen LogP contribution in [0, 0.1) is 0 Å². The summed E-state index contributed by atoms with van der Waals surface area (Å²) in [6, 6.07) is 56.4. The van der Waals surface area contributed by atoms with E-state index in [4.69, 9.17) is 19.4 Å². The van der Waals surface area contributed by atoms with Crippen molar-refractivity contribution >= 4 is 32.7 Å². The van der Waals surface area contributed by atoms with Crippen LogP contribution in [0.4, 0.5) is 0 Å². The van der Waals surface area contributed by atoms with Gasteiger partial charge in [0.25, 0.3) is 0 Å². The minimum Gasteiger partial charge on any atom is -0.456 e. The second kappa shape index (κ2) is 11.2. The van der Waals surface area contributed by atoms with Crippen LogP contribution in [0.15, 0.2) is 168 Å². The Morgan fingerprint density at radius 2 is 0.809 bits per heavy atom. The zero-order chi connectivity index (χ0) is 31.2. The van der Waals surface area contributed by atoms with Crippen molar-refractivity contribution in [3.05, 3.63) is 164 Å². The number of aromatic nitrogens is 3. The molecule has 4 nitrogen and oxygen atoms in total. The third-order valence-corrected chi connectivity index (χ3v) is 8.74. The molecule has 0 atom stereocenters. The first-order chi connectivity index (χ1) is 23.3. The van der Waals surface area contributed by atoms with Crippen molar-refractivity contribution in [2.45, 2.75) is 0 Å². The molecule has 4 heteroatoms. The first-order valence-corrected chi connectivity index (χ1v) is 15.7. The summed E-state index contributed by atoms with van der Waals surface area (Å²) < 4.78 is 6.33. The van der Waals surface area contributed by atoms with Gasteiger partial charge in [-0.15, -0.1) is 0 Å². The van der Waals surface area contributed by atoms with E-state index < -0.39 is 0 Å². The molecule has 9 aromatic rings. The van der Waals surface area contributed by atoms with Crippen LogP contribution in [0.3, 0.4) is 0 Å². The summed E-state index contributed by atoms with van der Waals surface area (Å²) in [6.45, 7) is 0. The normalized spacial score (nSPS) is 11.4. The molecule has 0 saturated carbocycles. The Kier molecular flexibility index (Phi) is 6.43. The van der Waals surface area contributed by atoms with Crippen molar-refractivity contribution in [1.29, 1.82) is 0 Å². The van der Waals surface area contributed by atoms with Gasteiger partial charge in [-0.05, 0) is 51.2 Å². The number of hydrogen-bond acceptors (Lipinski definition) is 4. The van der Waals surface area contributed by atoms with Crippen molar-refractivity contribution in [2.24, 2.45) is 0 Å². The molecule has 7 aromatic carbocycles. The molecule has 0 aliphatic rings. The summed E-state index contributed by atoms with van der Waals surface area (Å²) in [5.41, 5.74) is 9.13. The van der Waals surface area contributed by atoms with Gasteiger partial charge in [-0.3, -0.25) is 0 Å². The highest BCUT2D eigenvalue weighted by molar-refractivity contribution is 6.15. The fourth-order valence-electron chi connectivity index (χ4n) is 6.34. The average Bonchev–Trinajstić information content (AvgIpc) is 3.52. The first-order valence-electron chi connectivity index (χ1n) is 15.7. The monoisotopic (exact) mass is 601 g/mol. The highest BCUT2D eigenvalue weighted by Gasteiger charge is 2.16. The summed E-state index contributed by atoms with van der Waals surface area (Å²) in [7, 11) is 0. The number of rotatable bonds is 5. The van der Waals surface area contributed by atoms with Crippen molar-refractivity contribution in [3.8, 4) is 56.4 Å². The Balaban J connectivity index is 1.13. The van der Waals surface area contributed by atoms with Crippen molar-refractivity contribution < 1.29 is 4.42 Å². The zero-order valence-corrected chi connectivity index (χ0v) is 25.3. The van der Waals surface area contributed by atoms with E-state index in [0.717, 1.165) is 55.3 Å². The fourth-order valence-corrected chi connectivity index (χ4v) is 6.34. The molecule has 0 bridgehead atoms. The quantitative estimate of drug-likeness (QED) is 0.197. The molecule has 0 N–H and O–H groups in total. The minimum atomic E-state index is 0.631. The molecule has 0 aliphatic carbocycles. The van der Waals surface area contributed by atoms with E-state index in [1.807, 2.05) is 42.5 Å². The van der Waals surface area contributed by atoms with Crippen LogP contribution in [-0.4, -0.2) is 15.0 Å². The van der Waals surface area contributed by atoms with Crippen LogP contribution in [-0.2, 0) is 0 Å². The van der Waals surface area contributed by atoms with Crippen LogP contribution < -0.4 is 0 Å². The maximum atomic E-state index is 6.33. The van der Waals surface area contributed by atoms with E-state index in [1.165, 1.54) is 16.3 Å². The topological polar surface area (TPSA) is 51.8 Å². The number of fused-ring (bicyclic) bond motifs is 4. The standard InChI is InChI=1S/C43H27N3O/c1-3-10-28(11-4-1)29-18-22-32(23-19-29)42-44-41(31-12-5-2-6-13-31)45-43(46-42)33-24-20-30(21-25-33)36-16-9-17-38-40(36)37-26-34-14-7-8-15-35(34)27-39(37)47-38/h1-27H. The molecule has 0 fully saturated rings. The van der Waals surface area contributed by atoms with Crippen molar-refractivity contribution in [3.63, 3.8) is 0 Å². The van der Waals surface area contributed by atoms with Crippen molar-refractivity contribution in [1.82, 2.24) is 15.0 Å². The average molecular weight is 602 g/mol. The zero-order valence-electron chi connectivity index (χ0n) is 25.3. The fraction of sp³-hybridized carbons (Fsp3) is 0. The van der Waals surface area contributed by atoms with Gasteiger partial charge in [-0.2, -0.15) is 0 Å². The minimum absolute atomic E-state index is 0.631. The molecule has 47 heavy (non-hydrogen) atoms. The Labute approximate surface area is 271 Å². The maximum Gasteiger partial charge on any atom is 0.164 e. The lowest BCUT2D eigenvalue weighted by Gasteiger charge is -2.10. The lowest BCUT2D eigenvalue weighted by atomic mass is 9.97. The maximum absolute atomic E-state index is 6.33. The van der Waals surface area contributed by atoms with Crippen LogP contribution in [0.5, 0.6) is 0 Å². The second-order valence-electron chi connectivity index (χ2n) is 11.7. The Morgan fingerprint density at radius 3 is 1.43 bits per heavy atom. The van der Waals surface area contributed by atoms with Crippen LogP contribution >= 0.6 is 0 Å². The molecule has 0 unspecified atom stereocenters. The van der Waals surface area contributed by atoms with E-state index in [-0.39, 0.29) is 0 Å². The third kappa shape index (κ3) is 4.93. The molecule has 9 rings (SSSR count). The van der Waals surface area contributed by atoms with Crippen LogP contribution in [0.2, 0.25) is 0 Å². The highest BCUT2D eigenvalue weighted by atomic mass is 16.3. The van der Waals surface area contributed by atoms with Gasteiger partial charge < -0.3 is 4.42 Å². The molecule has 220 valence electrons. The molecule has 0 amide bonds. The Hall–Kier alpha value is -6.39. The first kappa shape index (κ1) is 27.0. The number of nitrogens with zero attached hydrogens (tertiary/aromatic N) is 3. The summed E-state index contributed by atoms with van der Waals surface area (Å²) in [5, 5.41) is 4.60. The SMILES string of the molecule is c1ccc(-c2ccc(-c3nc(-c4ccccc4)nc(-c4ccc(-c5cccc6oc7cc8ccccc8cc7c56)cc4)n3)cc2)cc1. The van der Waals surface area contributed by atoms with Gasteiger partial charge in [0.05, 0.1) is 0 Å². The van der Waals surface area contributed by atoms with E-state index in [2.05, 4.69) is 121 Å². The van der Waals surface area contributed by atoms with Gasteiger partial charge in [0.1, 0.15) is 11.2 Å². The van der Waals surface area contributed by atoms with Gasteiger partial charge in [-0.25, -0.2) is 15.0 Å². The van der Waals surface area contributed by atoms with Gasteiger partial charge in [-0.1, -0.05) is 146 Å². The smallest absolute Gasteiger partial charge is 0.164 e. The van der Waals surface area contributed by atoms with Gasteiger partial charge >= 0.3 is 0 Å². The van der Waals surface area contributed by atoms with E-state index in [0.29, 0.717) is 17.5 Å². The van der Waals surface area contributed by atoms with Crippen LogP contribution in [0.1, 0.15) is 0 Å². The number of furan rings is 1. The molecule has 0 spiro atoms. The summed E-state index contributed by atoms with van der Waals surface area (Å²) in [4.78, 5) is 14.8. The van der Waals surface area contributed by atoms with Crippen molar-refractivity contribution in [2.75, 3.05) is 0 Å². The second-order valence-corrected chi connectivity index (χ2v) is 11.7. The van der Waals surface area contributed by atoms with E-state index in [1.54, 1.807) is 0 Å². The highest BCUT2D eigenvalue weighted by Crippen LogP contribution is 2.39. The predicted molar refractivity (Wildman–Crippen MR) is 192 cm³/mol. The Bertz CT molecular complexity index is 2540. The van der Waals surface area contributed by atoms with Crippen LogP contribution in [0.25, 0.3) is 89.1 Å². The summed E-state index contributed by atoms with van der Waals surface area (Å²) in [5.74, 6) is 1.91. The lowest BCUT2D eigenvalue weighted by Crippen LogP contribution is -2.00. The van der Waals surface area contributed by atoms with E-state index >= 15 is 0 Å². The predicted octanol–water partition coefficient (Wildman–Crippen LogP) is 11.3. The number of hydrogen-bond donors (Lipinski definition) is 0. The molecule has 0 saturated heterocycles. The summed E-state index contributed by atoms with van der Waals surface area (Å²) in [6.07, 6.45) is 0. The molecular weight excluding hydrogens is 574 g/mol. The van der Waals surface area contributed by atoms with Gasteiger partial charge in [0, 0.05) is 27.5 Å². The molecule has 0 aliphatic heterocycles. The molecular formula is C43H27N3O. The van der Waals surface area contributed by atoms with Gasteiger partial charge in [0.15, 0.2) is 17.5 Å². The summed E-state index contributed by atoms with van der Waals surface area (Å²) >= 11 is 0.